The topological polar surface area (TPSA) is 65.0 Å². The molecular formula is C18H13NO4. The highest BCUT2D eigenvalue weighted by Crippen LogP contribution is 2.21. The number of hydrogen-bond acceptors (Lipinski definition) is 5. The zero-order valence-corrected chi connectivity index (χ0v) is 12.4. The van der Waals surface area contributed by atoms with E-state index < -0.39 is 11.9 Å². The first kappa shape index (κ1) is 14.7. The van der Waals surface area contributed by atoms with E-state index in [4.69, 9.17) is 9.47 Å². The normalized spacial score (nSPS) is 15.3. The quantitative estimate of drug-likeness (QED) is 0.646. The number of carbonyl (C=O) groups excluding carboxylic acids is 2. The SMILES string of the molecule is COC(=O)c1ccccc1/C=C1/N=C(c2ccccc2)OC1=O. The van der Waals surface area contributed by atoms with Gasteiger partial charge in [0.05, 0.1) is 12.7 Å². The highest BCUT2D eigenvalue weighted by atomic mass is 16.6. The Kier molecular flexibility index (Phi) is 4.01. The van der Waals surface area contributed by atoms with E-state index in [0.29, 0.717) is 16.7 Å². The molecule has 0 fully saturated rings. The van der Waals surface area contributed by atoms with Crippen molar-refractivity contribution in [1.82, 2.24) is 0 Å². The monoisotopic (exact) mass is 307 g/mol. The van der Waals surface area contributed by atoms with Gasteiger partial charge in [-0.1, -0.05) is 36.4 Å². The van der Waals surface area contributed by atoms with Gasteiger partial charge in [0, 0.05) is 5.56 Å². The van der Waals surface area contributed by atoms with E-state index >= 15 is 0 Å². The number of ether oxygens (including phenoxy) is 2. The summed E-state index contributed by atoms with van der Waals surface area (Å²) in [6.45, 7) is 0. The lowest BCUT2D eigenvalue weighted by Crippen LogP contribution is -2.06. The van der Waals surface area contributed by atoms with E-state index in [1.54, 1.807) is 36.4 Å². The van der Waals surface area contributed by atoms with Gasteiger partial charge >= 0.3 is 11.9 Å². The molecule has 0 saturated heterocycles. The molecular weight excluding hydrogens is 294 g/mol. The third-order valence-corrected chi connectivity index (χ3v) is 3.30. The molecule has 2 aromatic carbocycles. The lowest BCUT2D eigenvalue weighted by atomic mass is 10.1. The Hall–Kier alpha value is -3.21. The van der Waals surface area contributed by atoms with Crippen LogP contribution in [0.5, 0.6) is 0 Å². The minimum atomic E-state index is -0.552. The molecule has 0 aliphatic carbocycles. The summed E-state index contributed by atoms with van der Waals surface area (Å²) >= 11 is 0. The van der Waals surface area contributed by atoms with Crippen LogP contribution in [0.4, 0.5) is 0 Å². The van der Waals surface area contributed by atoms with Gasteiger partial charge in [-0.25, -0.2) is 14.6 Å². The van der Waals surface area contributed by atoms with Crippen molar-refractivity contribution in [1.29, 1.82) is 0 Å². The van der Waals surface area contributed by atoms with Crippen LogP contribution in [0, 0.1) is 0 Å². The van der Waals surface area contributed by atoms with Gasteiger partial charge in [0.2, 0.25) is 5.90 Å². The lowest BCUT2D eigenvalue weighted by Gasteiger charge is -2.03. The molecule has 5 nitrogen and oxygen atoms in total. The van der Waals surface area contributed by atoms with Gasteiger partial charge in [0.15, 0.2) is 5.70 Å². The second kappa shape index (κ2) is 6.27. The fourth-order valence-corrected chi connectivity index (χ4v) is 2.18. The highest BCUT2D eigenvalue weighted by molar-refractivity contribution is 6.13. The molecule has 0 radical (unpaired) electrons. The minimum Gasteiger partial charge on any atom is -0.465 e. The van der Waals surface area contributed by atoms with Crippen molar-refractivity contribution in [2.24, 2.45) is 4.99 Å². The van der Waals surface area contributed by atoms with Gasteiger partial charge in [-0.3, -0.25) is 0 Å². The molecule has 2 aromatic rings. The van der Waals surface area contributed by atoms with E-state index in [9.17, 15) is 9.59 Å². The molecule has 0 atom stereocenters. The van der Waals surface area contributed by atoms with Crippen molar-refractivity contribution in [3.05, 3.63) is 77.0 Å². The van der Waals surface area contributed by atoms with Gasteiger partial charge in [0.25, 0.3) is 0 Å². The third kappa shape index (κ3) is 3.03. The van der Waals surface area contributed by atoms with Crippen LogP contribution >= 0.6 is 0 Å². The first-order valence-corrected chi connectivity index (χ1v) is 6.94. The fraction of sp³-hybridized carbons (Fsp3) is 0.0556. The summed E-state index contributed by atoms with van der Waals surface area (Å²) in [5.41, 5.74) is 1.76. The number of esters is 2. The average molecular weight is 307 g/mol. The number of cyclic esters (lactones) is 1. The van der Waals surface area contributed by atoms with Crippen LogP contribution in [-0.2, 0) is 14.3 Å². The van der Waals surface area contributed by atoms with Crippen molar-refractivity contribution < 1.29 is 19.1 Å². The molecule has 0 N–H and O–H groups in total. The van der Waals surface area contributed by atoms with Crippen LogP contribution in [0.15, 0.2) is 65.3 Å². The Morgan fingerprint density at radius 3 is 2.52 bits per heavy atom. The Balaban J connectivity index is 1.99. The van der Waals surface area contributed by atoms with Crippen molar-refractivity contribution in [3.63, 3.8) is 0 Å². The molecule has 5 heteroatoms. The minimum absolute atomic E-state index is 0.139. The van der Waals surface area contributed by atoms with Gasteiger partial charge < -0.3 is 9.47 Å². The van der Waals surface area contributed by atoms with E-state index in [1.807, 2.05) is 18.2 Å². The molecule has 1 aliphatic heterocycles. The first-order valence-electron chi connectivity index (χ1n) is 6.94. The maximum Gasteiger partial charge on any atom is 0.363 e. The van der Waals surface area contributed by atoms with Crippen LogP contribution in [0.2, 0.25) is 0 Å². The molecule has 0 aromatic heterocycles. The number of hydrogen-bond donors (Lipinski definition) is 0. The molecule has 0 unspecified atom stereocenters. The number of carbonyl (C=O) groups is 2. The summed E-state index contributed by atoms with van der Waals surface area (Å²) in [4.78, 5) is 28.0. The van der Waals surface area contributed by atoms with E-state index in [2.05, 4.69) is 4.99 Å². The van der Waals surface area contributed by atoms with Crippen molar-refractivity contribution >= 4 is 23.9 Å². The molecule has 1 aliphatic rings. The maximum atomic E-state index is 12.0. The molecule has 114 valence electrons. The Bertz CT molecular complexity index is 822. The first-order chi connectivity index (χ1) is 11.2. The summed E-state index contributed by atoms with van der Waals surface area (Å²) in [6, 6.07) is 16.0. The number of nitrogens with zero attached hydrogens (tertiary/aromatic N) is 1. The van der Waals surface area contributed by atoms with E-state index in [1.165, 1.54) is 13.2 Å². The zero-order chi connectivity index (χ0) is 16.2. The number of aliphatic imine (C=N–C) groups is 1. The molecule has 23 heavy (non-hydrogen) atoms. The van der Waals surface area contributed by atoms with Gasteiger partial charge in [-0.2, -0.15) is 0 Å². The summed E-state index contributed by atoms with van der Waals surface area (Å²) in [7, 11) is 1.31. The zero-order valence-electron chi connectivity index (χ0n) is 12.4. The van der Waals surface area contributed by atoms with Crippen LogP contribution in [0.3, 0.4) is 0 Å². The van der Waals surface area contributed by atoms with Gasteiger partial charge in [0.1, 0.15) is 0 Å². The summed E-state index contributed by atoms with van der Waals surface area (Å²) in [5, 5.41) is 0. The molecule has 0 bridgehead atoms. The maximum absolute atomic E-state index is 12.0. The van der Waals surface area contributed by atoms with Crippen LogP contribution in [0.1, 0.15) is 21.5 Å². The van der Waals surface area contributed by atoms with E-state index in [0.717, 1.165) is 0 Å². The molecule has 3 rings (SSSR count). The second-order valence-electron chi connectivity index (χ2n) is 4.78. The van der Waals surface area contributed by atoms with Crippen LogP contribution < -0.4 is 0 Å². The van der Waals surface area contributed by atoms with Gasteiger partial charge in [-0.15, -0.1) is 0 Å². The fourth-order valence-electron chi connectivity index (χ4n) is 2.18. The van der Waals surface area contributed by atoms with E-state index in [-0.39, 0.29) is 11.6 Å². The summed E-state index contributed by atoms with van der Waals surface area (Å²) in [5.74, 6) is -0.781. The van der Waals surface area contributed by atoms with Crippen molar-refractivity contribution in [2.75, 3.05) is 7.11 Å². The molecule has 1 heterocycles. The molecule has 0 amide bonds. The molecule has 0 spiro atoms. The Labute approximate surface area is 132 Å². The number of rotatable bonds is 3. The highest BCUT2D eigenvalue weighted by Gasteiger charge is 2.24. The average Bonchev–Trinajstić information content (AvgIpc) is 2.96. The largest absolute Gasteiger partial charge is 0.465 e. The Morgan fingerprint density at radius 1 is 1.09 bits per heavy atom. The standard InChI is InChI=1S/C18H13NO4/c1-22-17(20)14-10-6-5-9-13(14)11-15-18(21)23-16(19-15)12-7-3-2-4-8-12/h2-11H,1H3/b15-11+. The smallest absolute Gasteiger partial charge is 0.363 e. The number of methoxy groups -OCH3 is 1. The third-order valence-electron chi connectivity index (χ3n) is 3.30. The predicted molar refractivity (Wildman–Crippen MR) is 84.8 cm³/mol. The van der Waals surface area contributed by atoms with Crippen molar-refractivity contribution in [3.8, 4) is 0 Å². The summed E-state index contributed by atoms with van der Waals surface area (Å²) in [6.07, 6.45) is 1.52. The van der Waals surface area contributed by atoms with Crippen LogP contribution in [0.25, 0.3) is 6.08 Å². The number of benzene rings is 2. The van der Waals surface area contributed by atoms with Crippen LogP contribution in [-0.4, -0.2) is 24.9 Å². The van der Waals surface area contributed by atoms with Crippen molar-refractivity contribution in [2.45, 2.75) is 0 Å². The summed E-state index contributed by atoms with van der Waals surface area (Å²) < 4.78 is 9.92. The predicted octanol–water partition coefficient (Wildman–Crippen LogP) is 2.82. The van der Waals surface area contributed by atoms with Gasteiger partial charge in [-0.05, 0) is 29.8 Å². The Morgan fingerprint density at radius 2 is 1.78 bits per heavy atom. The lowest BCUT2D eigenvalue weighted by molar-refractivity contribution is -0.129. The second-order valence-corrected chi connectivity index (χ2v) is 4.78. The molecule has 0 saturated carbocycles.